The van der Waals surface area contributed by atoms with Crippen LogP contribution in [0.2, 0.25) is 0 Å². The highest BCUT2D eigenvalue weighted by molar-refractivity contribution is 14.2. The van der Waals surface area contributed by atoms with E-state index in [1.54, 1.807) is 18.0 Å². The molecule has 7 nitrogen and oxygen atoms in total. The zero-order valence-corrected chi connectivity index (χ0v) is 19.1. The Balaban J connectivity index is 1.41. The number of aromatic nitrogens is 5. The molecule has 1 aromatic carbocycles. The molecule has 0 saturated carbocycles. The molecule has 1 aliphatic rings. The van der Waals surface area contributed by atoms with Gasteiger partial charge in [-0.05, 0) is 52.4 Å². The Morgan fingerprint density at radius 2 is 2.10 bits per heavy atom. The third kappa shape index (κ3) is 3.91. The maximum Gasteiger partial charge on any atom is 0.274 e. The highest BCUT2D eigenvalue weighted by atomic mass is 127. The summed E-state index contributed by atoms with van der Waals surface area (Å²) in [5, 5.41) is 10.1. The maximum atomic E-state index is 12.9. The highest BCUT2D eigenvalue weighted by Crippen LogP contribution is 2.31. The first-order chi connectivity index (χ1) is 14.2. The Hall–Kier alpha value is -1.97. The molecule has 0 saturated heterocycles. The summed E-state index contributed by atoms with van der Waals surface area (Å²) in [5.74, 6) is 0.835. The minimum absolute atomic E-state index is 0.114. The van der Waals surface area contributed by atoms with E-state index in [2.05, 4.69) is 37.2 Å². The Morgan fingerprint density at radius 3 is 2.97 bits per heavy atom. The summed E-state index contributed by atoms with van der Waals surface area (Å²) in [6, 6.07) is 9.63. The zero-order chi connectivity index (χ0) is 19.8. The summed E-state index contributed by atoms with van der Waals surface area (Å²) < 4.78 is 8.86. The fourth-order valence-corrected chi connectivity index (χ4v) is 5.25. The van der Waals surface area contributed by atoms with Crippen molar-refractivity contribution in [3.63, 3.8) is 0 Å². The molecule has 10 heteroatoms. The minimum atomic E-state index is -0.114. The van der Waals surface area contributed by atoms with Crippen molar-refractivity contribution in [2.75, 3.05) is 6.61 Å². The van der Waals surface area contributed by atoms with E-state index < -0.39 is 0 Å². The van der Waals surface area contributed by atoms with Crippen molar-refractivity contribution in [2.45, 2.75) is 22.8 Å². The van der Waals surface area contributed by atoms with Crippen molar-refractivity contribution >= 4 is 50.9 Å². The van der Waals surface area contributed by atoms with Gasteiger partial charge in [0, 0.05) is 22.9 Å². The third-order valence-electron chi connectivity index (χ3n) is 4.60. The van der Waals surface area contributed by atoms with Crippen LogP contribution < -0.4 is 10.3 Å². The molecular formula is C19H15IN5O2PS. The normalized spacial score (nSPS) is 13.3. The number of rotatable bonds is 5. The van der Waals surface area contributed by atoms with Crippen LogP contribution in [-0.4, -0.2) is 30.9 Å². The van der Waals surface area contributed by atoms with Crippen molar-refractivity contribution in [3.8, 4) is 5.75 Å². The molecular weight excluding hydrogens is 520 g/mol. The van der Waals surface area contributed by atoms with Crippen molar-refractivity contribution in [3.05, 3.63) is 70.7 Å². The van der Waals surface area contributed by atoms with Crippen LogP contribution in [0.3, 0.4) is 0 Å². The number of hydrogen-bond donors (Lipinski definition) is 0. The second-order valence-corrected chi connectivity index (χ2v) is 9.73. The summed E-state index contributed by atoms with van der Waals surface area (Å²) in [5.41, 5.74) is 1.64. The smallest absolute Gasteiger partial charge is 0.274 e. The molecule has 1 unspecified atom stereocenters. The SMILES string of the molecule is O=c1c2ccc(Sc3cnn(PI)c3)cc2cnn1Cc1ccc2c(n1)CCO2. The van der Waals surface area contributed by atoms with E-state index in [9.17, 15) is 4.79 Å². The summed E-state index contributed by atoms with van der Waals surface area (Å²) in [6.07, 6.45) is 7.00. The van der Waals surface area contributed by atoms with Gasteiger partial charge in [0.2, 0.25) is 0 Å². The molecule has 4 heterocycles. The lowest BCUT2D eigenvalue weighted by molar-refractivity contribution is 0.356. The first kappa shape index (κ1) is 19.0. The predicted molar refractivity (Wildman–Crippen MR) is 123 cm³/mol. The topological polar surface area (TPSA) is 74.8 Å². The van der Waals surface area contributed by atoms with Gasteiger partial charge < -0.3 is 4.74 Å². The quantitative estimate of drug-likeness (QED) is 0.285. The lowest BCUT2D eigenvalue weighted by Crippen LogP contribution is -2.23. The van der Waals surface area contributed by atoms with Crippen LogP contribution in [-0.2, 0) is 13.0 Å². The molecule has 0 N–H and O–H groups in total. The lowest BCUT2D eigenvalue weighted by Gasteiger charge is -2.08. The van der Waals surface area contributed by atoms with Crippen molar-refractivity contribution in [2.24, 2.45) is 0 Å². The molecule has 3 aromatic heterocycles. The van der Waals surface area contributed by atoms with E-state index in [4.69, 9.17) is 4.74 Å². The van der Waals surface area contributed by atoms with E-state index in [1.165, 1.54) is 4.68 Å². The number of hydrogen-bond acceptors (Lipinski definition) is 6. The first-order valence-electron chi connectivity index (χ1n) is 8.90. The molecule has 0 amide bonds. The second kappa shape index (κ2) is 8.04. The van der Waals surface area contributed by atoms with Crippen LogP contribution in [0.1, 0.15) is 11.4 Å². The number of nitrogens with zero attached hydrogens (tertiary/aromatic N) is 5. The van der Waals surface area contributed by atoms with E-state index in [0.29, 0.717) is 24.9 Å². The Bertz CT molecular complexity index is 1280. The number of benzene rings is 1. The van der Waals surface area contributed by atoms with Crippen molar-refractivity contribution < 1.29 is 4.74 Å². The Morgan fingerprint density at radius 1 is 1.17 bits per heavy atom. The molecule has 1 aliphatic heterocycles. The second-order valence-electron chi connectivity index (χ2n) is 6.51. The van der Waals surface area contributed by atoms with E-state index >= 15 is 0 Å². The molecule has 0 fully saturated rings. The lowest BCUT2D eigenvalue weighted by atomic mass is 10.2. The molecule has 5 rings (SSSR count). The number of fused-ring (bicyclic) bond motifs is 2. The van der Waals surface area contributed by atoms with E-state index in [0.717, 1.165) is 38.7 Å². The van der Waals surface area contributed by atoms with Gasteiger partial charge in [0.15, 0.2) is 0 Å². The van der Waals surface area contributed by atoms with Gasteiger partial charge >= 0.3 is 0 Å². The predicted octanol–water partition coefficient (Wildman–Crippen LogP) is 3.91. The Kier molecular flexibility index (Phi) is 5.28. The van der Waals surface area contributed by atoms with Gasteiger partial charge in [-0.15, -0.1) is 0 Å². The standard InChI is InChI=1S/C19H15IN5O2PS/c20-28-25-11-15(9-22-25)29-14-2-3-16-12(7-14)8-21-24(19(16)26)10-13-1-4-18-17(23-13)5-6-27-18/h1-4,7-9,11,28H,5-6,10H2. The average molecular weight is 535 g/mol. The van der Waals surface area contributed by atoms with E-state index in [1.807, 2.05) is 47.2 Å². The van der Waals surface area contributed by atoms with Gasteiger partial charge in [-0.1, -0.05) is 11.8 Å². The summed E-state index contributed by atoms with van der Waals surface area (Å²) in [4.78, 5) is 19.6. The molecule has 0 bridgehead atoms. The summed E-state index contributed by atoms with van der Waals surface area (Å²) >= 11 is 3.92. The molecule has 0 aliphatic carbocycles. The Labute approximate surface area is 185 Å². The monoisotopic (exact) mass is 535 g/mol. The molecule has 146 valence electrons. The minimum Gasteiger partial charge on any atom is -0.491 e. The van der Waals surface area contributed by atoms with Crippen molar-refractivity contribution in [1.29, 1.82) is 0 Å². The van der Waals surface area contributed by atoms with Gasteiger partial charge in [0.05, 0.1) is 53.6 Å². The fraction of sp³-hybridized carbons (Fsp3) is 0.158. The number of ether oxygens (including phenoxy) is 1. The van der Waals surface area contributed by atoms with Crippen LogP contribution in [0.15, 0.2) is 63.5 Å². The van der Waals surface area contributed by atoms with Crippen LogP contribution >= 0.6 is 40.2 Å². The fourth-order valence-electron chi connectivity index (χ4n) is 3.23. The van der Waals surface area contributed by atoms with Crippen LogP contribution in [0.25, 0.3) is 10.8 Å². The molecule has 0 spiro atoms. The van der Waals surface area contributed by atoms with Gasteiger partial charge in [-0.3, -0.25) is 9.78 Å². The average Bonchev–Trinajstić information content (AvgIpc) is 3.39. The summed E-state index contributed by atoms with van der Waals surface area (Å²) in [6.45, 7) is 1.01. The number of pyridine rings is 1. The molecule has 29 heavy (non-hydrogen) atoms. The van der Waals surface area contributed by atoms with Gasteiger partial charge in [0.25, 0.3) is 5.56 Å². The third-order valence-corrected chi connectivity index (χ3v) is 7.44. The first-order valence-corrected chi connectivity index (χ1v) is 13.8. The van der Waals surface area contributed by atoms with Crippen LogP contribution in [0, 0.1) is 0 Å². The van der Waals surface area contributed by atoms with Gasteiger partial charge in [-0.25, -0.2) is 9.13 Å². The largest absolute Gasteiger partial charge is 0.491 e. The van der Waals surface area contributed by atoms with Crippen LogP contribution in [0.5, 0.6) is 5.75 Å². The molecule has 1 atom stereocenters. The summed E-state index contributed by atoms with van der Waals surface area (Å²) in [7, 11) is 0. The van der Waals surface area contributed by atoms with Crippen molar-refractivity contribution in [1.82, 2.24) is 24.3 Å². The highest BCUT2D eigenvalue weighted by Gasteiger charge is 2.15. The number of halogens is 1. The maximum absolute atomic E-state index is 12.9. The molecule has 4 aromatic rings. The van der Waals surface area contributed by atoms with Gasteiger partial charge in [0.1, 0.15) is 5.75 Å². The zero-order valence-electron chi connectivity index (χ0n) is 15.1. The van der Waals surface area contributed by atoms with Crippen LogP contribution in [0.4, 0.5) is 0 Å². The van der Waals surface area contributed by atoms with Gasteiger partial charge in [-0.2, -0.15) is 10.2 Å². The molecule has 0 radical (unpaired) electrons. The van der Waals surface area contributed by atoms with E-state index in [-0.39, 0.29) is 5.56 Å².